The lowest BCUT2D eigenvalue weighted by Gasteiger charge is -2.29. The van der Waals surface area contributed by atoms with E-state index in [0.29, 0.717) is 18.1 Å². The minimum absolute atomic E-state index is 0.137. The molecule has 0 aromatic heterocycles. The first-order valence-electron chi connectivity index (χ1n) is 8.75. The van der Waals surface area contributed by atoms with E-state index < -0.39 is 10.0 Å². The van der Waals surface area contributed by atoms with Gasteiger partial charge < -0.3 is 10.1 Å². The molecule has 1 fully saturated rings. The molecule has 1 aromatic rings. The zero-order valence-electron chi connectivity index (χ0n) is 15.1. The minimum Gasteiger partial charge on any atom is -0.383 e. The molecule has 1 aliphatic carbocycles. The lowest BCUT2D eigenvalue weighted by molar-refractivity contribution is 0.0910. The topological polar surface area (TPSA) is 84.5 Å². The van der Waals surface area contributed by atoms with Crippen LogP contribution in [-0.4, -0.2) is 40.1 Å². The van der Waals surface area contributed by atoms with E-state index >= 15 is 0 Å². The molecular weight excluding hydrogens is 340 g/mol. The first-order valence-corrected chi connectivity index (χ1v) is 10.2. The Morgan fingerprint density at radius 1 is 1.24 bits per heavy atom. The highest BCUT2D eigenvalue weighted by Crippen LogP contribution is 2.24. The lowest BCUT2D eigenvalue weighted by atomic mass is 9.86. The Hall–Kier alpha value is -1.44. The third kappa shape index (κ3) is 5.52. The van der Waals surface area contributed by atoms with E-state index in [1.165, 1.54) is 25.7 Å². The SMILES string of the molecule is COC[C@H](C)NS(=O)(=O)c1ccc(C(=O)N[C@@H]2CCCC[C@H]2C)cc1. The lowest BCUT2D eigenvalue weighted by Crippen LogP contribution is -2.41. The summed E-state index contributed by atoms with van der Waals surface area (Å²) in [6, 6.07) is 5.89. The highest BCUT2D eigenvalue weighted by molar-refractivity contribution is 7.89. The van der Waals surface area contributed by atoms with Gasteiger partial charge in [-0.15, -0.1) is 0 Å². The van der Waals surface area contributed by atoms with Crippen molar-refractivity contribution < 1.29 is 17.9 Å². The monoisotopic (exact) mass is 368 g/mol. The van der Waals surface area contributed by atoms with Crippen LogP contribution in [0.1, 0.15) is 49.9 Å². The molecule has 0 heterocycles. The van der Waals surface area contributed by atoms with Crippen molar-refractivity contribution in [1.29, 1.82) is 0 Å². The van der Waals surface area contributed by atoms with Crippen molar-refractivity contribution in [1.82, 2.24) is 10.0 Å². The number of methoxy groups -OCH3 is 1. The van der Waals surface area contributed by atoms with Gasteiger partial charge in [0.25, 0.3) is 5.91 Å². The van der Waals surface area contributed by atoms with Crippen LogP contribution in [0.2, 0.25) is 0 Å². The molecule has 1 aliphatic rings. The second-order valence-corrected chi connectivity index (χ2v) is 8.56. The summed E-state index contributed by atoms with van der Waals surface area (Å²) >= 11 is 0. The second-order valence-electron chi connectivity index (χ2n) is 6.84. The Labute approximate surface area is 150 Å². The average Bonchev–Trinajstić information content (AvgIpc) is 2.57. The summed E-state index contributed by atoms with van der Waals surface area (Å²) < 4.78 is 32.1. The summed E-state index contributed by atoms with van der Waals surface area (Å²) in [6.45, 7) is 4.18. The third-order valence-electron chi connectivity index (χ3n) is 4.63. The van der Waals surface area contributed by atoms with E-state index in [1.807, 2.05) is 0 Å². The third-order valence-corrected chi connectivity index (χ3v) is 6.23. The predicted octanol–water partition coefficient (Wildman–Crippen LogP) is 2.31. The Bertz CT molecular complexity index is 673. The van der Waals surface area contributed by atoms with Crippen molar-refractivity contribution in [3.05, 3.63) is 29.8 Å². The molecule has 25 heavy (non-hydrogen) atoms. The molecule has 0 aliphatic heterocycles. The largest absolute Gasteiger partial charge is 0.383 e. The van der Waals surface area contributed by atoms with Crippen LogP contribution >= 0.6 is 0 Å². The van der Waals surface area contributed by atoms with Gasteiger partial charge in [-0.1, -0.05) is 19.8 Å². The van der Waals surface area contributed by atoms with Gasteiger partial charge in [0, 0.05) is 24.8 Å². The molecule has 0 spiro atoms. The summed E-state index contributed by atoms with van der Waals surface area (Å²) in [5, 5.41) is 3.07. The molecule has 2 rings (SSSR count). The Morgan fingerprint density at radius 3 is 2.48 bits per heavy atom. The number of rotatable bonds is 7. The molecule has 0 saturated heterocycles. The maximum atomic E-state index is 12.4. The van der Waals surface area contributed by atoms with E-state index in [9.17, 15) is 13.2 Å². The summed E-state index contributed by atoms with van der Waals surface area (Å²) in [7, 11) is -2.10. The van der Waals surface area contributed by atoms with Crippen molar-refractivity contribution in [2.75, 3.05) is 13.7 Å². The molecule has 1 aromatic carbocycles. The van der Waals surface area contributed by atoms with Crippen molar-refractivity contribution in [2.24, 2.45) is 5.92 Å². The van der Waals surface area contributed by atoms with Crippen molar-refractivity contribution in [3.8, 4) is 0 Å². The maximum absolute atomic E-state index is 12.4. The number of benzene rings is 1. The second kappa shape index (κ2) is 8.78. The van der Waals surface area contributed by atoms with Crippen LogP contribution in [0.4, 0.5) is 0 Å². The highest BCUT2D eigenvalue weighted by atomic mass is 32.2. The smallest absolute Gasteiger partial charge is 0.251 e. The van der Waals surface area contributed by atoms with Crippen molar-refractivity contribution in [3.63, 3.8) is 0 Å². The van der Waals surface area contributed by atoms with Gasteiger partial charge >= 0.3 is 0 Å². The summed E-state index contributed by atoms with van der Waals surface area (Å²) in [6.07, 6.45) is 4.49. The fourth-order valence-electron chi connectivity index (χ4n) is 3.18. The van der Waals surface area contributed by atoms with Crippen LogP contribution in [0.3, 0.4) is 0 Å². The zero-order valence-corrected chi connectivity index (χ0v) is 15.9. The quantitative estimate of drug-likeness (QED) is 0.773. The Kier molecular flexibility index (Phi) is 6.98. The first kappa shape index (κ1) is 19.9. The number of carbonyl (C=O) groups excluding carboxylic acids is 1. The van der Waals surface area contributed by atoms with Crippen LogP contribution in [0.5, 0.6) is 0 Å². The van der Waals surface area contributed by atoms with E-state index in [-0.39, 0.29) is 22.9 Å². The molecule has 0 unspecified atom stereocenters. The standard InChI is InChI=1S/C18H28N2O4S/c1-13-6-4-5-7-17(13)19-18(21)15-8-10-16(11-9-15)25(22,23)20-14(2)12-24-3/h8-11,13-14,17,20H,4-7,12H2,1-3H3,(H,19,21)/t13-,14+,17-/m1/s1. The molecule has 1 saturated carbocycles. The van der Waals surface area contributed by atoms with Gasteiger partial charge in [-0.25, -0.2) is 13.1 Å². The van der Waals surface area contributed by atoms with Crippen LogP contribution in [0, 0.1) is 5.92 Å². The fraction of sp³-hybridized carbons (Fsp3) is 0.611. The first-order chi connectivity index (χ1) is 11.8. The minimum atomic E-state index is -3.62. The van der Waals surface area contributed by atoms with Gasteiger partial charge in [0.1, 0.15) is 0 Å². The van der Waals surface area contributed by atoms with Gasteiger partial charge in [-0.05, 0) is 49.9 Å². The summed E-state index contributed by atoms with van der Waals surface area (Å²) in [5.41, 5.74) is 0.474. The van der Waals surface area contributed by atoms with Crippen LogP contribution < -0.4 is 10.0 Å². The zero-order chi connectivity index (χ0) is 18.4. The maximum Gasteiger partial charge on any atom is 0.251 e. The number of amides is 1. The van der Waals surface area contributed by atoms with E-state index in [4.69, 9.17) is 4.74 Å². The van der Waals surface area contributed by atoms with E-state index in [1.54, 1.807) is 19.1 Å². The molecule has 1 amide bonds. The van der Waals surface area contributed by atoms with Gasteiger partial charge in [-0.3, -0.25) is 4.79 Å². The van der Waals surface area contributed by atoms with Crippen LogP contribution in [-0.2, 0) is 14.8 Å². The fourth-order valence-corrected chi connectivity index (χ4v) is 4.41. The molecule has 2 N–H and O–H groups in total. The summed E-state index contributed by atoms with van der Waals surface area (Å²) in [5.74, 6) is 0.326. The molecule has 0 radical (unpaired) electrons. The number of nitrogens with one attached hydrogen (secondary N) is 2. The van der Waals surface area contributed by atoms with E-state index in [2.05, 4.69) is 17.0 Å². The van der Waals surface area contributed by atoms with Gasteiger partial charge in [0.2, 0.25) is 10.0 Å². The molecule has 140 valence electrons. The molecular formula is C18H28N2O4S. The Balaban J connectivity index is 2.02. The number of hydrogen-bond acceptors (Lipinski definition) is 4. The van der Waals surface area contributed by atoms with Crippen molar-refractivity contribution in [2.45, 2.75) is 56.5 Å². The van der Waals surface area contributed by atoms with Crippen molar-refractivity contribution >= 4 is 15.9 Å². The molecule has 6 nitrogen and oxygen atoms in total. The summed E-state index contributed by atoms with van der Waals surface area (Å²) in [4.78, 5) is 12.5. The number of ether oxygens (including phenoxy) is 1. The van der Waals surface area contributed by atoms with E-state index in [0.717, 1.165) is 19.3 Å². The average molecular weight is 368 g/mol. The highest BCUT2D eigenvalue weighted by Gasteiger charge is 2.23. The molecule has 0 bridgehead atoms. The normalized spacial score (nSPS) is 22.4. The number of sulfonamides is 1. The number of hydrogen-bond donors (Lipinski definition) is 2. The molecule has 3 atom stereocenters. The van der Waals surface area contributed by atoms with Gasteiger partial charge in [0.15, 0.2) is 0 Å². The van der Waals surface area contributed by atoms with Crippen LogP contribution in [0.15, 0.2) is 29.2 Å². The Morgan fingerprint density at radius 2 is 1.88 bits per heavy atom. The van der Waals surface area contributed by atoms with Crippen LogP contribution in [0.25, 0.3) is 0 Å². The van der Waals surface area contributed by atoms with Gasteiger partial charge in [-0.2, -0.15) is 0 Å². The predicted molar refractivity (Wildman–Crippen MR) is 97.0 cm³/mol. The number of carbonyl (C=O) groups is 1. The molecule has 7 heteroatoms. The van der Waals surface area contributed by atoms with Gasteiger partial charge in [0.05, 0.1) is 11.5 Å².